The lowest BCUT2D eigenvalue weighted by molar-refractivity contribution is -0.148. The van der Waals surface area contributed by atoms with Crippen LogP contribution in [0.2, 0.25) is 10.0 Å². The van der Waals surface area contributed by atoms with E-state index in [-0.39, 0.29) is 28.0 Å². The molecule has 2 atom stereocenters. The van der Waals surface area contributed by atoms with Crippen molar-refractivity contribution in [1.82, 2.24) is 5.32 Å². The summed E-state index contributed by atoms with van der Waals surface area (Å²) in [6, 6.07) is 10.0. The monoisotopic (exact) mass is 411 g/mol. The zero-order valence-electron chi connectivity index (χ0n) is 14.7. The molecule has 6 nitrogen and oxygen atoms in total. The van der Waals surface area contributed by atoms with Crippen LogP contribution >= 0.6 is 23.2 Å². The number of methoxy groups -OCH3 is 1. The molecular weight excluding hydrogens is 393 g/mol. The highest BCUT2D eigenvalue weighted by Crippen LogP contribution is 2.34. The van der Waals surface area contributed by atoms with Crippen LogP contribution in [0.3, 0.4) is 0 Å². The number of carbonyl (C=O) groups excluding carboxylic acids is 2. The van der Waals surface area contributed by atoms with E-state index >= 15 is 0 Å². The summed E-state index contributed by atoms with van der Waals surface area (Å²) in [5.41, 5.74) is 0.404. The fraction of sp³-hybridized carbons (Fsp3) is 0.263. The molecule has 1 amide bonds. The minimum atomic E-state index is -1.35. The van der Waals surface area contributed by atoms with Gasteiger partial charge in [0.15, 0.2) is 11.8 Å². The van der Waals surface area contributed by atoms with Gasteiger partial charge in [-0.05, 0) is 24.6 Å². The molecule has 2 aromatic carbocycles. The lowest BCUT2D eigenvalue weighted by Crippen LogP contribution is -2.46. The molecule has 8 heteroatoms. The molecule has 0 aliphatic carbocycles. The summed E-state index contributed by atoms with van der Waals surface area (Å²) >= 11 is 12.2. The number of amides is 1. The van der Waals surface area contributed by atoms with E-state index in [1.165, 1.54) is 19.2 Å². The third-order valence-electron chi connectivity index (χ3n) is 3.77. The topological polar surface area (TPSA) is 84.9 Å². The average molecular weight is 412 g/mol. The summed E-state index contributed by atoms with van der Waals surface area (Å²) in [7, 11) is 1.34. The highest BCUT2D eigenvalue weighted by atomic mass is 35.5. The van der Waals surface area contributed by atoms with E-state index in [0.29, 0.717) is 5.56 Å². The maximum absolute atomic E-state index is 12.8. The summed E-state index contributed by atoms with van der Waals surface area (Å²) in [5.74, 6) is -1.44. The van der Waals surface area contributed by atoms with Crippen molar-refractivity contribution in [3.8, 4) is 5.75 Å². The molecule has 0 saturated heterocycles. The van der Waals surface area contributed by atoms with Crippen molar-refractivity contribution in [2.24, 2.45) is 0 Å². The molecule has 0 aliphatic rings. The fourth-order valence-electron chi connectivity index (χ4n) is 2.50. The summed E-state index contributed by atoms with van der Waals surface area (Å²) in [5, 5.41) is 13.4. The van der Waals surface area contributed by atoms with Gasteiger partial charge in [-0.1, -0.05) is 53.5 Å². The number of aliphatic hydroxyl groups excluding tert-OH is 1. The molecule has 0 saturated carbocycles. The normalized spacial score (nSPS) is 12.8. The second-order valence-electron chi connectivity index (χ2n) is 5.50. The molecule has 2 unspecified atom stereocenters. The molecule has 27 heavy (non-hydrogen) atoms. The third kappa shape index (κ3) is 4.91. The second-order valence-corrected chi connectivity index (χ2v) is 6.31. The SMILES string of the molecule is CCOC(=O)C(NC(=O)c1c(Cl)ccc(Cl)c1OC)C(O)c1ccccc1. The fourth-order valence-corrected chi connectivity index (χ4v) is 2.97. The Balaban J connectivity index is 2.37. The first kappa shape index (κ1) is 21.0. The number of carbonyl (C=O) groups is 2. The first-order valence-electron chi connectivity index (χ1n) is 8.13. The number of halogens is 2. The Morgan fingerprint density at radius 3 is 2.33 bits per heavy atom. The van der Waals surface area contributed by atoms with Gasteiger partial charge >= 0.3 is 5.97 Å². The van der Waals surface area contributed by atoms with Crippen molar-refractivity contribution < 1.29 is 24.2 Å². The standard InChI is InChI=1S/C19H19Cl2NO5/c1-3-27-19(25)15(16(23)11-7-5-4-6-8-11)22-18(24)14-12(20)9-10-13(21)17(14)26-2/h4-10,15-16,23H,3H2,1-2H3,(H,22,24). The molecule has 0 radical (unpaired) electrons. The molecule has 2 rings (SSSR count). The van der Waals surface area contributed by atoms with Crippen LogP contribution in [0.5, 0.6) is 5.75 Å². The first-order valence-corrected chi connectivity index (χ1v) is 8.88. The summed E-state index contributed by atoms with van der Waals surface area (Å²) < 4.78 is 10.1. The largest absolute Gasteiger partial charge is 0.494 e. The van der Waals surface area contributed by atoms with Crippen molar-refractivity contribution in [1.29, 1.82) is 0 Å². The maximum Gasteiger partial charge on any atom is 0.331 e. The van der Waals surface area contributed by atoms with Crippen molar-refractivity contribution in [3.05, 3.63) is 63.6 Å². The van der Waals surface area contributed by atoms with Gasteiger partial charge in [0, 0.05) is 0 Å². The Bertz CT molecular complexity index is 813. The van der Waals surface area contributed by atoms with Gasteiger partial charge < -0.3 is 19.9 Å². The van der Waals surface area contributed by atoms with Gasteiger partial charge in [0.2, 0.25) is 0 Å². The molecule has 0 fully saturated rings. The minimum absolute atomic E-state index is 0.0405. The molecule has 0 bridgehead atoms. The molecule has 0 aliphatic heterocycles. The molecule has 0 spiro atoms. The van der Waals surface area contributed by atoms with Crippen LogP contribution in [-0.2, 0) is 9.53 Å². The number of benzene rings is 2. The summed E-state index contributed by atoms with van der Waals surface area (Å²) in [6.45, 7) is 1.72. The molecular formula is C19H19Cl2NO5. The first-order chi connectivity index (χ1) is 12.9. The number of ether oxygens (including phenoxy) is 2. The Hall–Kier alpha value is -2.28. The Morgan fingerprint density at radius 2 is 1.74 bits per heavy atom. The third-order valence-corrected chi connectivity index (χ3v) is 4.39. The molecule has 0 heterocycles. The van der Waals surface area contributed by atoms with Crippen molar-refractivity contribution in [3.63, 3.8) is 0 Å². The van der Waals surface area contributed by atoms with Gasteiger partial charge in [-0.15, -0.1) is 0 Å². The number of nitrogens with one attached hydrogen (secondary N) is 1. The Morgan fingerprint density at radius 1 is 1.11 bits per heavy atom. The lowest BCUT2D eigenvalue weighted by atomic mass is 10.0. The average Bonchev–Trinajstić information content (AvgIpc) is 2.67. The van der Waals surface area contributed by atoms with E-state index in [4.69, 9.17) is 32.7 Å². The van der Waals surface area contributed by atoms with Crippen molar-refractivity contribution in [2.45, 2.75) is 19.1 Å². The number of esters is 1. The van der Waals surface area contributed by atoms with Crippen LogP contribution in [0, 0.1) is 0 Å². The quantitative estimate of drug-likeness (QED) is 0.681. The van der Waals surface area contributed by atoms with E-state index < -0.39 is 24.0 Å². The second kappa shape index (κ2) is 9.60. The van der Waals surface area contributed by atoms with Crippen LogP contribution in [0.4, 0.5) is 0 Å². The maximum atomic E-state index is 12.8. The van der Waals surface area contributed by atoms with E-state index in [9.17, 15) is 14.7 Å². The van der Waals surface area contributed by atoms with Gasteiger partial charge in [-0.2, -0.15) is 0 Å². The minimum Gasteiger partial charge on any atom is -0.494 e. The molecule has 2 N–H and O–H groups in total. The molecule has 144 valence electrons. The highest BCUT2D eigenvalue weighted by Gasteiger charge is 2.33. The zero-order valence-corrected chi connectivity index (χ0v) is 16.3. The van der Waals surface area contributed by atoms with Gasteiger partial charge in [-0.3, -0.25) is 4.79 Å². The van der Waals surface area contributed by atoms with Crippen molar-refractivity contribution in [2.75, 3.05) is 13.7 Å². The van der Waals surface area contributed by atoms with Crippen LogP contribution in [0.25, 0.3) is 0 Å². The van der Waals surface area contributed by atoms with Crippen LogP contribution in [-0.4, -0.2) is 36.7 Å². The molecule has 0 aromatic heterocycles. The van der Waals surface area contributed by atoms with Gasteiger partial charge in [0.1, 0.15) is 11.7 Å². The van der Waals surface area contributed by atoms with Gasteiger partial charge in [-0.25, -0.2) is 4.79 Å². The lowest BCUT2D eigenvalue weighted by Gasteiger charge is -2.23. The van der Waals surface area contributed by atoms with E-state index in [0.717, 1.165) is 0 Å². The highest BCUT2D eigenvalue weighted by molar-refractivity contribution is 6.37. The van der Waals surface area contributed by atoms with E-state index in [1.54, 1.807) is 37.3 Å². The summed E-state index contributed by atoms with van der Waals surface area (Å²) in [6.07, 6.45) is -1.32. The number of hydrogen-bond donors (Lipinski definition) is 2. The predicted octanol–water partition coefficient (Wildman–Crippen LogP) is 3.40. The van der Waals surface area contributed by atoms with Crippen LogP contribution < -0.4 is 10.1 Å². The number of aliphatic hydroxyl groups is 1. The predicted molar refractivity (Wildman–Crippen MR) is 102 cm³/mol. The smallest absolute Gasteiger partial charge is 0.331 e. The van der Waals surface area contributed by atoms with Gasteiger partial charge in [0.05, 0.1) is 23.8 Å². The molecule has 2 aromatic rings. The van der Waals surface area contributed by atoms with Crippen LogP contribution in [0.15, 0.2) is 42.5 Å². The van der Waals surface area contributed by atoms with E-state index in [1.807, 2.05) is 0 Å². The Kier molecular flexibility index (Phi) is 7.47. The van der Waals surface area contributed by atoms with E-state index in [2.05, 4.69) is 5.32 Å². The van der Waals surface area contributed by atoms with Crippen LogP contribution in [0.1, 0.15) is 28.9 Å². The van der Waals surface area contributed by atoms with Gasteiger partial charge in [0.25, 0.3) is 5.91 Å². The Labute approximate surface area is 167 Å². The van der Waals surface area contributed by atoms with Crippen molar-refractivity contribution >= 4 is 35.1 Å². The number of hydrogen-bond acceptors (Lipinski definition) is 5. The number of rotatable bonds is 7. The zero-order chi connectivity index (χ0) is 20.0. The summed E-state index contributed by atoms with van der Waals surface area (Å²) in [4.78, 5) is 25.1.